The van der Waals surface area contributed by atoms with Gasteiger partial charge < -0.3 is 19.3 Å². The number of aromatic nitrogens is 2. The number of aliphatic hydroxyl groups is 1. The van der Waals surface area contributed by atoms with Crippen molar-refractivity contribution in [1.82, 2.24) is 10.2 Å². The lowest BCUT2D eigenvalue weighted by Gasteiger charge is -2.23. The maximum atomic E-state index is 13.8. The number of carbonyl (C=O) groups excluding carboxylic acids is 2. The number of fused-ring (bicyclic) bond motifs is 1. The van der Waals surface area contributed by atoms with Crippen molar-refractivity contribution in [2.45, 2.75) is 55.9 Å². The highest BCUT2D eigenvalue weighted by atomic mass is 32.2. The average Bonchev–Trinajstić information content (AvgIpc) is 3.74. The SMILES string of the molecule is CCCOc1ccc([C@H]2/C(=C(\O)c3ccc4c(c3)C[C@H](C)O4)C(=O)C(=O)N2c2nnc(SCc3ccccc3)s2)cc1OCC. The van der Waals surface area contributed by atoms with E-state index in [1.165, 1.54) is 28.0 Å². The molecule has 2 aliphatic rings. The number of Topliss-reactive ketones (excluding diaryl/α,β-unsaturated/α-hetero) is 1. The van der Waals surface area contributed by atoms with Crippen LogP contribution in [0, 0.1) is 0 Å². The highest BCUT2D eigenvalue weighted by Crippen LogP contribution is 2.46. The van der Waals surface area contributed by atoms with Crippen molar-refractivity contribution in [3.8, 4) is 17.2 Å². The van der Waals surface area contributed by atoms with E-state index in [1.54, 1.807) is 30.3 Å². The van der Waals surface area contributed by atoms with Crippen molar-refractivity contribution in [2.75, 3.05) is 18.1 Å². The van der Waals surface area contributed by atoms with E-state index in [-0.39, 0.29) is 22.6 Å². The number of ketones is 1. The Morgan fingerprint density at radius 3 is 2.64 bits per heavy atom. The van der Waals surface area contributed by atoms with E-state index >= 15 is 0 Å². The Kier molecular flexibility index (Phi) is 9.09. The van der Waals surface area contributed by atoms with Crippen molar-refractivity contribution in [2.24, 2.45) is 0 Å². The van der Waals surface area contributed by atoms with Crippen molar-refractivity contribution < 1.29 is 28.9 Å². The fraction of sp³-hybridized carbons (Fsp3) is 0.294. The molecule has 3 heterocycles. The molecule has 0 aliphatic carbocycles. The van der Waals surface area contributed by atoms with Crippen molar-refractivity contribution in [3.05, 3.63) is 94.6 Å². The Bertz CT molecular complexity index is 1760. The minimum Gasteiger partial charge on any atom is -0.507 e. The summed E-state index contributed by atoms with van der Waals surface area (Å²) in [4.78, 5) is 28.9. The molecule has 11 heteroatoms. The first kappa shape index (κ1) is 30.7. The maximum absolute atomic E-state index is 13.8. The van der Waals surface area contributed by atoms with Gasteiger partial charge in [0.05, 0.1) is 24.8 Å². The summed E-state index contributed by atoms with van der Waals surface area (Å²) in [5, 5.41) is 20.6. The lowest BCUT2D eigenvalue weighted by Crippen LogP contribution is -2.29. The van der Waals surface area contributed by atoms with Crippen molar-refractivity contribution in [3.63, 3.8) is 0 Å². The molecule has 45 heavy (non-hydrogen) atoms. The molecule has 3 aromatic carbocycles. The van der Waals surface area contributed by atoms with E-state index in [4.69, 9.17) is 14.2 Å². The summed E-state index contributed by atoms with van der Waals surface area (Å²) in [5.41, 5.74) is 3.01. The largest absolute Gasteiger partial charge is 0.507 e. The van der Waals surface area contributed by atoms with E-state index in [0.717, 1.165) is 23.3 Å². The number of nitrogens with zero attached hydrogens (tertiary/aromatic N) is 3. The molecule has 0 unspecified atom stereocenters. The van der Waals surface area contributed by atoms with Gasteiger partial charge in [0, 0.05) is 17.7 Å². The minimum atomic E-state index is -0.979. The zero-order valence-electron chi connectivity index (χ0n) is 25.2. The molecule has 0 bridgehead atoms. The summed E-state index contributed by atoms with van der Waals surface area (Å²) in [6, 6.07) is 19.6. The molecule has 1 saturated heterocycles. The van der Waals surface area contributed by atoms with Crippen LogP contribution in [-0.2, 0) is 21.8 Å². The number of anilines is 1. The predicted octanol–water partition coefficient (Wildman–Crippen LogP) is 6.97. The van der Waals surface area contributed by atoms with Crippen LogP contribution in [0.1, 0.15) is 55.5 Å². The topological polar surface area (TPSA) is 111 Å². The summed E-state index contributed by atoms with van der Waals surface area (Å²) in [5.74, 6) is 0.595. The zero-order chi connectivity index (χ0) is 31.5. The second-order valence-electron chi connectivity index (χ2n) is 10.7. The van der Waals surface area contributed by atoms with Gasteiger partial charge in [-0.2, -0.15) is 0 Å². The fourth-order valence-corrected chi connectivity index (χ4v) is 7.27. The van der Waals surface area contributed by atoms with E-state index in [2.05, 4.69) is 10.2 Å². The maximum Gasteiger partial charge on any atom is 0.301 e. The van der Waals surface area contributed by atoms with Gasteiger partial charge in [0.15, 0.2) is 15.8 Å². The molecule has 1 N–H and O–H groups in total. The monoisotopic (exact) mass is 643 g/mol. The van der Waals surface area contributed by atoms with Crippen LogP contribution in [0.15, 0.2) is 76.6 Å². The predicted molar refractivity (Wildman–Crippen MR) is 174 cm³/mol. The summed E-state index contributed by atoms with van der Waals surface area (Å²) < 4.78 is 18.3. The summed E-state index contributed by atoms with van der Waals surface area (Å²) >= 11 is 2.72. The lowest BCUT2D eigenvalue weighted by atomic mass is 9.94. The minimum absolute atomic E-state index is 0.0137. The van der Waals surface area contributed by atoms with Gasteiger partial charge in [-0.25, -0.2) is 0 Å². The Morgan fingerprint density at radius 1 is 1.04 bits per heavy atom. The molecule has 1 amide bonds. The Labute approximate surface area is 269 Å². The molecule has 4 aromatic rings. The molecule has 1 aromatic heterocycles. The van der Waals surface area contributed by atoms with Crippen molar-refractivity contribution in [1.29, 1.82) is 0 Å². The number of carbonyl (C=O) groups is 2. The Balaban J connectivity index is 1.43. The third-order valence-electron chi connectivity index (χ3n) is 7.47. The second-order valence-corrected chi connectivity index (χ2v) is 12.9. The van der Waals surface area contributed by atoms with Gasteiger partial charge in [0.1, 0.15) is 17.6 Å². The first-order valence-electron chi connectivity index (χ1n) is 14.9. The summed E-state index contributed by atoms with van der Waals surface area (Å²) in [7, 11) is 0. The summed E-state index contributed by atoms with van der Waals surface area (Å²) in [6.45, 7) is 6.76. The van der Waals surface area contributed by atoms with Gasteiger partial charge in [-0.1, -0.05) is 66.4 Å². The van der Waals surface area contributed by atoms with Crippen LogP contribution in [0.2, 0.25) is 0 Å². The highest BCUT2D eigenvalue weighted by Gasteiger charge is 2.48. The van der Waals surface area contributed by atoms with E-state index < -0.39 is 17.7 Å². The number of hydrogen-bond donors (Lipinski definition) is 1. The zero-order valence-corrected chi connectivity index (χ0v) is 26.8. The van der Waals surface area contributed by atoms with Gasteiger partial charge in [0.2, 0.25) is 5.13 Å². The first-order chi connectivity index (χ1) is 21.9. The molecular weight excluding hydrogens is 611 g/mol. The number of aliphatic hydroxyl groups excluding tert-OH is 1. The van der Waals surface area contributed by atoms with Crippen LogP contribution in [-0.4, -0.2) is 46.3 Å². The number of benzene rings is 3. The number of thioether (sulfide) groups is 1. The molecular formula is C34H33N3O6S2. The van der Waals surface area contributed by atoms with Crippen LogP contribution < -0.4 is 19.1 Å². The van der Waals surface area contributed by atoms with Crippen LogP contribution in [0.4, 0.5) is 5.13 Å². The molecule has 0 radical (unpaired) electrons. The first-order valence-corrected chi connectivity index (χ1v) is 16.7. The smallest absolute Gasteiger partial charge is 0.301 e. The van der Waals surface area contributed by atoms with Crippen LogP contribution in [0.25, 0.3) is 5.76 Å². The van der Waals surface area contributed by atoms with E-state index in [0.29, 0.717) is 52.4 Å². The normalized spacial score (nSPS) is 18.6. The van der Waals surface area contributed by atoms with Crippen LogP contribution in [0.5, 0.6) is 17.2 Å². The molecule has 9 nitrogen and oxygen atoms in total. The fourth-order valence-electron chi connectivity index (χ4n) is 5.44. The van der Waals surface area contributed by atoms with Gasteiger partial charge in [-0.05, 0) is 67.3 Å². The third kappa shape index (κ3) is 6.27. The highest BCUT2D eigenvalue weighted by molar-refractivity contribution is 8.00. The molecule has 6 rings (SSSR count). The quantitative estimate of drug-likeness (QED) is 0.0609. The molecule has 0 saturated carbocycles. The standard InChI is InChI=1S/C34H33N3O6S2/c1-4-15-42-26-14-11-22(18-27(26)41-5-2)29-28(30(38)23-12-13-25-24(17-23)16-20(3)43-25)31(39)32(40)37(29)33-35-36-34(45-33)44-19-21-9-7-6-8-10-21/h6-14,17-18,20,29,38H,4-5,15-16,19H2,1-3H3/b30-28+/t20-,29-/m0/s1. The molecule has 1 fully saturated rings. The molecule has 2 atom stereocenters. The Hall–Kier alpha value is -4.35. The molecule has 232 valence electrons. The van der Waals surface area contributed by atoms with Crippen LogP contribution >= 0.6 is 23.1 Å². The van der Waals surface area contributed by atoms with Crippen LogP contribution in [0.3, 0.4) is 0 Å². The summed E-state index contributed by atoms with van der Waals surface area (Å²) in [6.07, 6.45) is 1.51. The average molecular weight is 644 g/mol. The number of ether oxygens (including phenoxy) is 3. The second kappa shape index (κ2) is 13.3. The lowest BCUT2D eigenvalue weighted by molar-refractivity contribution is -0.132. The van der Waals surface area contributed by atoms with E-state index in [1.807, 2.05) is 57.2 Å². The molecule has 0 spiro atoms. The molecule has 2 aliphatic heterocycles. The number of rotatable bonds is 11. The Morgan fingerprint density at radius 2 is 1.87 bits per heavy atom. The van der Waals surface area contributed by atoms with Gasteiger partial charge >= 0.3 is 5.91 Å². The van der Waals surface area contributed by atoms with Gasteiger partial charge in [-0.15, -0.1) is 10.2 Å². The van der Waals surface area contributed by atoms with E-state index in [9.17, 15) is 14.7 Å². The van der Waals surface area contributed by atoms with Crippen molar-refractivity contribution >= 4 is 45.7 Å². The third-order valence-corrected chi connectivity index (χ3v) is 9.59. The number of amides is 1. The number of hydrogen-bond acceptors (Lipinski definition) is 10. The van der Waals surface area contributed by atoms with Gasteiger partial charge in [-0.3, -0.25) is 14.5 Å². The van der Waals surface area contributed by atoms with Gasteiger partial charge in [0.25, 0.3) is 5.78 Å².